The average molecular weight is 317 g/mol. The third-order valence-corrected chi connectivity index (χ3v) is 5.52. The SMILES string of the molecule is CCC(CC)COC(=O)[C@H](C)NP(=O)(OP)OP. The third-order valence-electron chi connectivity index (χ3n) is 2.60. The minimum atomic E-state index is -3.48. The molecule has 9 heteroatoms. The summed E-state index contributed by atoms with van der Waals surface area (Å²) in [5.41, 5.74) is 0. The van der Waals surface area contributed by atoms with Gasteiger partial charge in [-0.1, -0.05) is 26.7 Å². The molecule has 0 saturated carbocycles. The zero-order valence-electron chi connectivity index (χ0n) is 10.9. The number of rotatable bonds is 9. The fourth-order valence-corrected chi connectivity index (χ4v) is 2.94. The van der Waals surface area contributed by atoms with Gasteiger partial charge in [-0.2, -0.15) is 0 Å². The largest absolute Gasteiger partial charge is 0.464 e. The number of ether oxygens (including phenoxy) is 1. The van der Waals surface area contributed by atoms with Gasteiger partial charge in [-0.15, -0.1) is 0 Å². The molecule has 0 aliphatic carbocycles. The van der Waals surface area contributed by atoms with E-state index in [0.717, 1.165) is 12.8 Å². The topological polar surface area (TPSA) is 73.9 Å². The van der Waals surface area contributed by atoms with Gasteiger partial charge in [0.15, 0.2) is 0 Å². The lowest BCUT2D eigenvalue weighted by Gasteiger charge is -2.20. The van der Waals surface area contributed by atoms with Crippen LogP contribution in [-0.2, 0) is 22.7 Å². The number of esters is 1. The van der Waals surface area contributed by atoms with Crippen molar-refractivity contribution in [2.75, 3.05) is 6.61 Å². The first-order valence-electron chi connectivity index (χ1n) is 5.73. The second kappa shape index (κ2) is 9.36. The molecule has 0 aromatic rings. The van der Waals surface area contributed by atoms with Crippen molar-refractivity contribution in [3.63, 3.8) is 0 Å². The van der Waals surface area contributed by atoms with Gasteiger partial charge in [0.1, 0.15) is 6.04 Å². The van der Waals surface area contributed by atoms with Crippen molar-refractivity contribution >= 4 is 32.6 Å². The number of carbonyl (C=O) groups excluding carboxylic acids is 1. The van der Waals surface area contributed by atoms with Crippen molar-refractivity contribution in [3.8, 4) is 0 Å². The number of hydrogen-bond acceptors (Lipinski definition) is 5. The molecule has 0 aromatic carbocycles. The maximum atomic E-state index is 11.7. The van der Waals surface area contributed by atoms with Crippen molar-refractivity contribution in [2.24, 2.45) is 5.92 Å². The lowest BCUT2D eigenvalue weighted by molar-refractivity contribution is -0.146. The predicted molar refractivity (Wildman–Crippen MR) is 76.8 cm³/mol. The van der Waals surface area contributed by atoms with Crippen LogP contribution >= 0.6 is 26.7 Å². The Balaban J connectivity index is 4.22. The molecule has 0 bridgehead atoms. The Morgan fingerprint density at radius 3 is 2.17 bits per heavy atom. The lowest BCUT2D eigenvalue weighted by Crippen LogP contribution is -2.34. The summed E-state index contributed by atoms with van der Waals surface area (Å²) in [4.78, 5) is 11.7. The highest BCUT2D eigenvalue weighted by atomic mass is 31.2. The Morgan fingerprint density at radius 1 is 1.28 bits per heavy atom. The van der Waals surface area contributed by atoms with Gasteiger partial charge in [-0.05, 0) is 12.8 Å². The smallest absolute Gasteiger partial charge is 0.411 e. The quantitative estimate of drug-likeness (QED) is 0.520. The van der Waals surface area contributed by atoms with Crippen LogP contribution in [0.3, 0.4) is 0 Å². The summed E-state index contributed by atoms with van der Waals surface area (Å²) in [6.45, 7) is 5.99. The molecule has 108 valence electrons. The van der Waals surface area contributed by atoms with Crippen LogP contribution in [0.15, 0.2) is 0 Å². The molecule has 0 radical (unpaired) electrons. The van der Waals surface area contributed by atoms with Gasteiger partial charge < -0.3 is 4.74 Å². The number of nitrogens with one attached hydrogen (secondary N) is 1. The fourth-order valence-electron chi connectivity index (χ4n) is 1.22. The van der Waals surface area contributed by atoms with E-state index in [1.165, 1.54) is 6.92 Å². The second-order valence-electron chi connectivity index (χ2n) is 3.87. The Kier molecular flexibility index (Phi) is 9.59. The Hall–Kier alpha value is 0.440. The third kappa shape index (κ3) is 6.56. The summed E-state index contributed by atoms with van der Waals surface area (Å²) in [7, 11) is 0.188. The highest BCUT2D eigenvalue weighted by Gasteiger charge is 2.28. The minimum Gasteiger partial charge on any atom is -0.464 e. The molecule has 1 N–H and O–H groups in total. The van der Waals surface area contributed by atoms with Gasteiger partial charge in [-0.25, -0.2) is 9.65 Å². The zero-order chi connectivity index (χ0) is 14.2. The molecule has 2 unspecified atom stereocenters. The van der Waals surface area contributed by atoms with E-state index in [1.54, 1.807) is 0 Å². The summed E-state index contributed by atoms with van der Waals surface area (Å²) in [6.07, 6.45) is 1.90. The first-order chi connectivity index (χ1) is 8.42. The summed E-state index contributed by atoms with van der Waals surface area (Å²) in [5.74, 6) is -0.129. The molecule has 3 atom stereocenters. The van der Waals surface area contributed by atoms with Gasteiger partial charge in [0.25, 0.3) is 0 Å². The van der Waals surface area contributed by atoms with E-state index in [0.29, 0.717) is 12.5 Å². The van der Waals surface area contributed by atoms with Crippen LogP contribution in [0.5, 0.6) is 0 Å². The average Bonchev–Trinajstić information content (AvgIpc) is 2.39. The van der Waals surface area contributed by atoms with E-state index in [4.69, 9.17) is 4.74 Å². The van der Waals surface area contributed by atoms with Crippen LogP contribution < -0.4 is 5.09 Å². The van der Waals surface area contributed by atoms with Crippen molar-refractivity contribution in [2.45, 2.75) is 39.7 Å². The first kappa shape index (κ1) is 18.4. The van der Waals surface area contributed by atoms with E-state index in [-0.39, 0.29) is 0 Å². The molecule has 0 rings (SSSR count). The van der Waals surface area contributed by atoms with Crippen molar-refractivity contribution < 1.29 is 22.7 Å². The van der Waals surface area contributed by atoms with Crippen LogP contribution in [0.1, 0.15) is 33.6 Å². The molecule has 6 nitrogen and oxygen atoms in total. The maximum absolute atomic E-state index is 11.7. The zero-order valence-corrected chi connectivity index (χ0v) is 14.1. The predicted octanol–water partition coefficient (Wildman–Crippen LogP) is 2.67. The van der Waals surface area contributed by atoms with Crippen LogP contribution in [-0.4, -0.2) is 18.6 Å². The van der Waals surface area contributed by atoms with Crippen LogP contribution in [0.2, 0.25) is 0 Å². The van der Waals surface area contributed by atoms with E-state index in [9.17, 15) is 9.36 Å². The molecule has 0 spiro atoms. The summed E-state index contributed by atoms with van der Waals surface area (Å²) in [5, 5.41) is 2.45. The standard InChI is InChI=1S/C9H22NO5P3/c1-4-8(5-2)6-13-9(11)7(3)10-18(12,14-16)15-17/h7-8H,4-6,16-17H2,1-3H3,(H,10,12)/t7-/m0/s1. The van der Waals surface area contributed by atoms with Crippen molar-refractivity contribution in [3.05, 3.63) is 0 Å². The number of hydrogen-bond donors (Lipinski definition) is 1. The maximum Gasteiger partial charge on any atom is 0.411 e. The molecule has 0 saturated heterocycles. The highest BCUT2D eigenvalue weighted by molar-refractivity contribution is 7.59. The molecule has 0 fully saturated rings. The lowest BCUT2D eigenvalue weighted by atomic mass is 10.1. The number of carbonyl (C=O) groups is 1. The van der Waals surface area contributed by atoms with E-state index in [1.807, 2.05) is 32.8 Å². The monoisotopic (exact) mass is 317 g/mol. The van der Waals surface area contributed by atoms with Crippen LogP contribution in [0, 0.1) is 5.92 Å². The first-order valence-corrected chi connectivity index (χ1v) is 8.22. The molecule has 0 heterocycles. The normalized spacial score (nSPS) is 13.7. The minimum absolute atomic E-state index is 0.351. The van der Waals surface area contributed by atoms with Gasteiger partial charge in [0.2, 0.25) is 0 Å². The van der Waals surface area contributed by atoms with Gasteiger partial charge in [0, 0.05) is 18.9 Å². The summed E-state index contributed by atoms with van der Waals surface area (Å²) in [6, 6.07) is -0.772. The molecular formula is C9H22NO5P3. The molecule has 0 aromatic heterocycles. The summed E-state index contributed by atoms with van der Waals surface area (Å²) < 4.78 is 26.0. The molecule has 0 aliphatic rings. The van der Waals surface area contributed by atoms with Gasteiger partial charge in [-0.3, -0.25) is 13.4 Å². The van der Waals surface area contributed by atoms with Gasteiger partial charge >= 0.3 is 13.7 Å². The summed E-state index contributed by atoms with van der Waals surface area (Å²) >= 11 is 0. The van der Waals surface area contributed by atoms with Crippen LogP contribution in [0.4, 0.5) is 0 Å². The molecule has 0 aliphatic heterocycles. The Bertz CT molecular complexity index is 290. The van der Waals surface area contributed by atoms with Crippen molar-refractivity contribution in [1.82, 2.24) is 5.09 Å². The van der Waals surface area contributed by atoms with E-state index in [2.05, 4.69) is 13.7 Å². The fraction of sp³-hybridized carbons (Fsp3) is 0.889. The van der Waals surface area contributed by atoms with E-state index < -0.39 is 19.8 Å². The Labute approximate surface area is 113 Å². The highest BCUT2D eigenvalue weighted by Crippen LogP contribution is 2.48. The second-order valence-corrected chi connectivity index (χ2v) is 6.81. The van der Waals surface area contributed by atoms with E-state index >= 15 is 0 Å². The van der Waals surface area contributed by atoms with Crippen LogP contribution in [0.25, 0.3) is 0 Å². The molecular weight excluding hydrogens is 295 g/mol. The molecule has 0 amide bonds. The molecule has 18 heavy (non-hydrogen) atoms. The van der Waals surface area contributed by atoms with Gasteiger partial charge in [0.05, 0.1) is 6.61 Å². The Morgan fingerprint density at radius 2 is 1.78 bits per heavy atom. The van der Waals surface area contributed by atoms with Crippen molar-refractivity contribution in [1.29, 1.82) is 0 Å².